The van der Waals surface area contributed by atoms with Gasteiger partial charge in [0, 0.05) is 31.0 Å². The van der Waals surface area contributed by atoms with E-state index in [-0.39, 0.29) is 23.3 Å². The zero-order chi connectivity index (χ0) is 32.6. The van der Waals surface area contributed by atoms with E-state index < -0.39 is 63.4 Å². The van der Waals surface area contributed by atoms with Gasteiger partial charge in [0.05, 0.1) is 28.8 Å². The highest BCUT2D eigenvalue weighted by Gasteiger charge is 2.31. The average Bonchev–Trinajstić information content (AvgIpc) is 3.24. The Bertz CT molecular complexity index is 1900. The lowest BCUT2D eigenvalue weighted by Gasteiger charge is -2.28. The van der Waals surface area contributed by atoms with E-state index in [4.69, 9.17) is 0 Å². The van der Waals surface area contributed by atoms with E-state index in [1.54, 1.807) is 39.8 Å². The van der Waals surface area contributed by atoms with Crippen molar-refractivity contribution in [2.75, 3.05) is 16.2 Å². The van der Waals surface area contributed by atoms with Gasteiger partial charge in [0.1, 0.15) is 11.4 Å². The number of aromatic nitrogens is 3. The molecule has 0 saturated heterocycles. The number of H-pyrrole nitrogens is 1. The number of carbonyl (C=O) groups is 2. The number of aromatic amines is 1. The Morgan fingerprint density at radius 1 is 1.11 bits per heavy atom. The van der Waals surface area contributed by atoms with Gasteiger partial charge in [0.2, 0.25) is 22.3 Å². The first-order valence-electron chi connectivity index (χ1n) is 13.4. The first kappa shape index (κ1) is 32.1. The maximum atomic E-state index is 15.6. The van der Waals surface area contributed by atoms with E-state index in [0.29, 0.717) is 27.1 Å². The summed E-state index contributed by atoms with van der Waals surface area (Å²) in [5.74, 6) is -4.31. The fraction of sp³-hybridized carbons (Fsp3) is 0.310. The first-order chi connectivity index (χ1) is 20.6. The van der Waals surface area contributed by atoms with Gasteiger partial charge in [-0.05, 0) is 51.8 Å². The smallest absolute Gasteiger partial charge is 0.329 e. The lowest BCUT2D eigenvalue weighted by molar-refractivity contribution is -0.138. The number of carboxylic acid groups (broad SMARTS) is 1. The minimum absolute atomic E-state index is 0.156. The summed E-state index contributed by atoms with van der Waals surface area (Å²) in [6.07, 6.45) is 1.05. The lowest BCUT2D eigenvalue weighted by atomic mass is 10.0. The quantitative estimate of drug-likeness (QED) is 0.167. The molecule has 0 aliphatic heterocycles. The molecule has 0 spiro atoms. The van der Waals surface area contributed by atoms with Gasteiger partial charge in [-0.25, -0.2) is 27.0 Å². The molecule has 0 radical (unpaired) electrons. The molecule has 0 bridgehead atoms. The van der Waals surface area contributed by atoms with Crippen LogP contribution in [0.4, 0.5) is 20.4 Å². The predicted molar refractivity (Wildman–Crippen MR) is 162 cm³/mol. The van der Waals surface area contributed by atoms with Gasteiger partial charge in [-0.1, -0.05) is 17.7 Å². The molecular formula is C29H32F2N6O6S. The fourth-order valence-corrected chi connectivity index (χ4v) is 6.09. The van der Waals surface area contributed by atoms with E-state index >= 15 is 8.78 Å². The summed E-state index contributed by atoms with van der Waals surface area (Å²) in [6, 6.07) is 2.47. The maximum Gasteiger partial charge on any atom is 0.329 e. The molecular weight excluding hydrogens is 598 g/mol. The number of nitrogens with one attached hydrogen (secondary N) is 3. The molecule has 2 aromatic carbocycles. The van der Waals surface area contributed by atoms with Crippen molar-refractivity contribution in [1.29, 1.82) is 0 Å². The van der Waals surface area contributed by atoms with Crippen LogP contribution in [0, 0.1) is 46.3 Å². The largest absolute Gasteiger partial charge is 0.480 e. The molecule has 12 nitrogen and oxygen atoms in total. The third-order valence-electron chi connectivity index (χ3n) is 7.33. The number of amides is 1. The molecule has 0 aliphatic rings. The van der Waals surface area contributed by atoms with Gasteiger partial charge in [0.25, 0.3) is 5.91 Å². The summed E-state index contributed by atoms with van der Waals surface area (Å²) in [7, 11) is -2.10. The van der Waals surface area contributed by atoms with Crippen molar-refractivity contribution < 1.29 is 31.9 Å². The third kappa shape index (κ3) is 6.13. The number of pyridine rings is 1. The van der Waals surface area contributed by atoms with E-state index in [2.05, 4.69) is 20.6 Å². The van der Waals surface area contributed by atoms with Gasteiger partial charge >= 0.3 is 5.97 Å². The highest BCUT2D eigenvalue weighted by Crippen LogP contribution is 2.28. The molecule has 44 heavy (non-hydrogen) atoms. The number of carbonyl (C=O) groups excluding carboxylic acids is 1. The average molecular weight is 631 g/mol. The monoisotopic (exact) mass is 630 g/mol. The van der Waals surface area contributed by atoms with Crippen LogP contribution in [0.2, 0.25) is 0 Å². The van der Waals surface area contributed by atoms with Crippen molar-refractivity contribution in [1.82, 2.24) is 19.9 Å². The SMILES string of the molecule is Cc1cc(C)c(N(C(CNC(=O)c2cn(C)c3c(F)c(CNc4nc(C)c(C)[nH]4)c(F)cc3c2=O)C(=O)O)[SH](=O)=O)c(C)c1. The summed E-state index contributed by atoms with van der Waals surface area (Å²) < 4.78 is 57.0. The summed E-state index contributed by atoms with van der Waals surface area (Å²) >= 11 is 0. The Labute approximate surface area is 252 Å². The number of nitrogens with zero attached hydrogens (tertiary/aromatic N) is 3. The second-order valence-corrected chi connectivity index (χ2v) is 11.5. The number of hydrogen-bond acceptors (Lipinski definition) is 7. The number of halogens is 2. The topological polar surface area (TPSA) is 166 Å². The molecule has 4 N–H and O–H groups in total. The molecule has 1 amide bonds. The van der Waals surface area contributed by atoms with Gasteiger partial charge in [-0.15, -0.1) is 0 Å². The Kier molecular flexibility index (Phi) is 9.09. The molecule has 4 aromatic rings. The number of benzene rings is 2. The van der Waals surface area contributed by atoms with Gasteiger partial charge in [0.15, 0.2) is 11.9 Å². The summed E-state index contributed by atoms with van der Waals surface area (Å²) in [5, 5.41) is 14.6. The van der Waals surface area contributed by atoms with Crippen LogP contribution >= 0.6 is 0 Å². The normalized spacial score (nSPS) is 12.0. The molecule has 2 heterocycles. The van der Waals surface area contributed by atoms with Crippen LogP contribution in [-0.2, 0) is 29.3 Å². The second-order valence-electron chi connectivity index (χ2n) is 10.6. The van der Waals surface area contributed by atoms with Crippen LogP contribution in [-0.4, -0.2) is 52.5 Å². The summed E-state index contributed by atoms with van der Waals surface area (Å²) in [4.78, 5) is 45.7. The van der Waals surface area contributed by atoms with Gasteiger partial charge < -0.3 is 25.3 Å². The fourth-order valence-electron chi connectivity index (χ4n) is 5.20. The number of aryl methyl sites for hydroxylation is 6. The van der Waals surface area contributed by atoms with E-state index in [1.807, 2.05) is 6.92 Å². The van der Waals surface area contributed by atoms with Crippen LogP contribution in [0.1, 0.15) is 44.0 Å². The lowest BCUT2D eigenvalue weighted by Crippen LogP contribution is -2.49. The second kappa shape index (κ2) is 12.4. The maximum absolute atomic E-state index is 15.6. The summed E-state index contributed by atoms with van der Waals surface area (Å²) in [5.41, 5.74) is 1.40. The highest BCUT2D eigenvalue weighted by atomic mass is 32.2. The molecule has 15 heteroatoms. The Hall–Kier alpha value is -4.79. The van der Waals surface area contributed by atoms with E-state index in [9.17, 15) is 27.9 Å². The number of rotatable bonds is 10. The van der Waals surface area contributed by atoms with Crippen LogP contribution < -0.4 is 20.4 Å². The molecule has 0 aliphatic carbocycles. The number of fused-ring (bicyclic) bond motifs is 1. The first-order valence-corrected chi connectivity index (χ1v) is 14.5. The van der Waals surface area contributed by atoms with Crippen LogP contribution in [0.25, 0.3) is 10.9 Å². The van der Waals surface area contributed by atoms with E-state index in [0.717, 1.165) is 28.1 Å². The van der Waals surface area contributed by atoms with E-state index in [1.165, 1.54) is 7.05 Å². The standard InChI is InChI=1S/C29H32F2N6O6S/c1-13-7-14(2)24(15(3)8-13)37(44(42)43)22(28(40)41)11-32-27(39)20-12-36(6)25-18(26(20)38)9-21(30)19(23(25)31)10-33-29-34-16(4)17(5)35-29/h7-9,12,22,44H,10-11H2,1-6H3,(H,32,39)(H,40,41)(H2,33,34,35). The number of imidazole rings is 1. The zero-order valence-electron chi connectivity index (χ0n) is 24.8. The minimum atomic E-state index is -3.46. The predicted octanol–water partition coefficient (Wildman–Crippen LogP) is 2.91. The number of hydrogen-bond donors (Lipinski definition) is 5. The molecule has 0 saturated carbocycles. The number of thiol groups is 1. The Morgan fingerprint density at radius 2 is 1.75 bits per heavy atom. The molecule has 4 rings (SSSR count). The van der Waals surface area contributed by atoms with Crippen molar-refractivity contribution >= 4 is 45.3 Å². The van der Waals surface area contributed by atoms with Crippen molar-refractivity contribution in [3.63, 3.8) is 0 Å². The number of aliphatic carboxylic acids is 1. The molecule has 1 unspecified atom stereocenters. The molecule has 234 valence electrons. The third-order valence-corrected chi connectivity index (χ3v) is 8.16. The van der Waals surface area contributed by atoms with Crippen molar-refractivity contribution in [3.05, 3.63) is 85.5 Å². The van der Waals surface area contributed by atoms with Crippen LogP contribution in [0.3, 0.4) is 0 Å². The minimum Gasteiger partial charge on any atom is -0.480 e. The van der Waals surface area contributed by atoms with Crippen molar-refractivity contribution in [2.24, 2.45) is 7.05 Å². The van der Waals surface area contributed by atoms with Crippen LogP contribution in [0.5, 0.6) is 0 Å². The van der Waals surface area contributed by atoms with Gasteiger partial charge in [-0.3, -0.25) is 13.9 Å². The molecule has 0 fully saturated rings. The van der Waals surface area contributed by atoms with Crippen molar-refractivity contribution in [3.8, 4) is 0 Å². The Balaban J connectivity index is 1.65. The number of carboxylic acids is 1. The Morgan fingerprint density at radius 3 is 2.30 bits per heavy atom. The zero-order valence-corrected chi connectivity index (χ0v) is 25.7. The number of anilines is 2. The highest BCUT2D eigenvalue weighted by molar-refractivity contribution is 7.74. The van der Waals surface area contributed by atoms with Crippen molar-refractivity contribution in [2.45, 2.75) is 47.2 Å². The van der Waals surface area contributed by atoms with Crippen LogP contribution in [0.15, 0.2) is 29.2 Å². The van der Waals surface area contributed by atoms with Gasteiger partial charge in [-0.2, -0.15) is 0 Å². The summed E-state index contributed by atoms with van der Waals surface area (Å²) in [6.45, 7) is 7.65. The molecule has 1 atom stereocenters. The molecule has 2 aromatic heterocycles.